The van der Waals surface area contributed by atoms with E-state index in [1.165, 1.54) is 61.8 Å². The minimum Gasteiger partial charge on any atom is -0.378 e. The Morgan fingerprint density at radius 2 is 1.65 bits per heavy atom. The Labute approximate surface area is 186 Å². The summed E-state index contributed by atoms with van der Waals surface area (Å²) in [5.74, 6) is 2.95. The predicted molar refractivity (Wildman–Crippen MR) is 125 cm³/mol. The van der Waals surface area contributed by atoms with Crippen molar-refractivity contribution in [3.05, 3.63) is 65.2 Å². The van der Waals surface area contributed by atoms with Gasteiger partial charge in [0.2, 0.25) is 0 Å². The maximum atomic E-state index is 13.1. The van der Waals surface area contributed by atoms with Crippen molar-refractivity contribution >= 4 is 11.6 Å². The molecule has 3 aliphatic carbocycles. The Morgan fingerprint density at radius 3 is 2.45 bits per heavy atom. The first-order valence-electron chi connectivity index (χ1n) is 12.5. The minimum atomic E-state index is 0.125. The average Bonchev–Trinajstić information content (AvgIpc) is 3.34. The highest BCUT2D eigenvalue weighted by atomic mass is 16.1. The molecular formula is C28H34N2O. The Kier molecular flexibility index (Phi) is 5.01. The van der Waals surface area contributed by atoms with Crippen LogP contribution in [0.1, 0.15) is 91.2 Å². The van der Waals surface area contributed by atoms with Gasteiger partial charge in [-0.15, -0.1) is 0 Å². The van der Waals surface area contributed by atoms with Gasteiger partial charge in [0.25, 0.3) is 5.91 Å². The van der Waals surface area contributed by atoms with Crippen LogP contribution in [0.2, 0.25) is 0 Å². The molecule has 2 bridgehead atoms. The third-order valence-electron chi connectivity index (χ3n) is 8.70. The van der Waals surface area contributed by atoms with Crippen molar-refractivity contribution in [1.82, 2.24) is 5.32 Å². The van der Waals surface area contributed by atoms with E-state index in [4.69, 9.17) is 0 Å². The smallest absolute Gasteiger partial charge is 0.251 e. The van der Waals surface area contributed by atoms with Crippen molar-refractivity contribution in [3.63, 3.8) is 0 Å². The molecule has 1 aliphatic heterocycles. The molecule has 5 atom stereocenters. The summed E-state index contributed by atoms with van der Waals surface area (Å²) in [5.41, 5.74) is 4.90. The molecule has 0 unspecified atom stereocenters. The van der Waals surface area contributed by atoms with E-state index >= 15 is 0 Å². The lowest BCUT2D eigenvalue weighted by atomic mass is 9.68. The summed E-state index contributed by atoms with van der Waals surface area (Å²) in [7, 11) is 0. The van der Waals surface area contributed by atoms with Gasteiger partial charge in [0, 0.05) is 17.3 Å². The maximum absolute atomic E-state index is 13.1. The maximum Gasteiger partial charge on any atom is 0.251 e. The molecule has 3 fully saturated rings. The van der Waals surface area contributed by atoms with E-state index < -0.39 is 0 Å². The van der Waals surface area contributed by atoms with Gasteiger partial charge in [0.15, 0.2) is 0 Å². The third-order valence-corrected chi connectivity index (χ3v) is 8.70. The summed E-state index contributed by atoms with van der Waals surface area (Å²) in [5, 5.41) is 7.24. The van der Waals surface area contributed by atoms with Crippen LogP contribution in [0, 0.1) is 17.8 Å². The number of rotatable bonds is 3. The minimum absolute atomic E-state index is 0.125. The molecule has 2 N–H and O–H groups in total. The molecule has 2 aromatic rings. The van der Waals surface area contributed by atoms with Gasteiger partial charge in [-0.1, -0.05) is 56.0 Å². The number of nitrogens with one attached hydrogen (secondary N) is 2. The molecule has 3 nitrogen and oxygen atoms in total. The number of anilines is 1. The fourth-order valence-electron chi connectivity index (χ4n) is 7.31. The Balaban J connectivity index is 1.30. The van der Waals surface area contributed by atoms with Gasteiger partial charge in [0.1, 0.15) is 0 Å². The molecule has 0 spiro atoms. The summed E-state index contributed by atoms with van der Waals surface area (Å²) >= 11 is 0. The normalized spacial score (nSPS) is 31.9. The van der Waals surface area contributed by atoms with Crippen LogP contribution in [-0.4, -0.2) is 11.9 Å². The molecule has 2 aromatic carbocycles. The van der Waals surface area contributed by atoms with Crippen LogP contribution in [0.25, 0.3) is 0 Å². The van der Waals surface area contributed by atoms with E-state index in [2.05, 4.69) is 53.1 Å². The average molecular weight is 415 g/mol. The number of benzene rings is 2. The van der Waals surface area contributed by atoms with Gasteiger partial charge in [0.05, 0.1) is 6.04 Å². The quantitative estimate of drug-likeness (QED) is 0.568. The van der Waals surface area contributed by atoms with Crippen molar-refractivity contribution < 1.29 is 4.79 Å². The van der Waals surface area contributed by atoms with Gasteiger partial charge in [-0.25, -0.2) is 0 Å². The van der Waals surface area contributed by atoms with Crippen molar-refractivity contribution in [3.8, 4) is 0 Å². The topological polar surface area (TPSA) is 41.1 Å². The van der Waals surface area contributed by atoms with Gasteiger partial charge in [-0.05, 0) is 85.1 Å². The second-order valence-electron chi connectivity index (χ2n) is 10.4. The number of carbonyl (C=O) groups is 1. The number of hydrogen-bond donors (Lipinski definition) is 2. The first kappa shape index (κ1) is 19.4. The molecule has 6 rings (SSSR count). The summed E-state index contributed by atoms with van der Waals surface area (Å²) in [6.07, 6.45) is 11.4. The van der Waals surface area contributed by atoms with Crippen LogP contribution >= 0.6 is 0 Å². The zero-order chi connectivity index (χ0) is 20.8. The Hall–Kier alpha value is -2.29. The number of amides is 1. The van der Waals surface area contributed by atoms with Gasteiger partial charge in [-0.2, -0.15) is 0 Å². The highest BCUT2D eigenvalue weighted by Crippen LogP contribution is 2.63. The Bertz CT molecular complexity index is 947. The molecule has 31 heavy (non-hydrogen) atoms. The predicted octanol–water partition coefficient (Wildman–Crippen LogP) is 6.44. The van der Waals surface area contributed by atoms with Crippen LogP contribution in [0.5, 0.6) is 0 Å². The molecule has 0 saturated heterocycles. The summed E-state index contributed by atoms with van der Waals surface area (Å²) in [6.45, 7) is 0. The van der Waals surface area contributed by atoms with E-state index in [-0.39, 0.29) is 5.91 Å². The SMILES string of the molecule is O=C(NC1CCCCCC1)c1ccc2c(c1)[C@@H]1[C@H]3CC[C@@H](C3)[C@H]1[C@@H](c1ccccc1)N2. The largest absolute Gasteiger partial charge is 0.378 e. The van der Waals surface area contributed by atoms with E-state index in [1.54, 1.807) is 0 Å². The second kappa shape index (κ2) is 8.00. The van der Waals surface area contributed by atoms with Crippen LogP contribution in [0.4, 0.5) is 5.69 Å². The molecule has 3 saturated carbocycles. The lowest BCUT2D eigenvalue weighted by molar-refractivity contribution is 0.0933. The van der Waals surface area contributed by atoms with Crippen LogP contribution < -0.4 is 10.6 Å². The molecule has 3 heteroatoms. The molecule has 0 radical (unpaired) electrons. The third kappa shape index (κ3) is 3.46. The van der Waals surface area contributed by atoms with Crippen molar-refractivity contribution in [2.24, 2.45) is 17.8 Å². The van der Waals surface area contributed by atoms with Crippen molar-refractivity contribution in [1.29, 1.82) is 0 Å². The highest BCUT2D eigenvalue weighted by Gasteiger charge is 2.53. The summed E-state index contributed by atoms with van der Waals surface area (Å²) < 4.78 is 0. The van der Waals surface area contributed by atoms with E-state index in [0.717, 1.165) is 30.2 Å². The fraction of sp³-hybridized carbons (Fsp3) is 0.536. The Morgan fingerprint density at radius 1 is 0.871 bits per heavy atom. The van der Waals surface area contributed by atoms with E-state index in [0.29, 0.717) is 23.9 Å². The molecular weight excluding hydrogens is 380 g/mol. The van der Waals surface area contributed by atoms with Crippen LogP contribution in [0.15, 0.2) is 48.5 Å². The molecule has 4 aliphatic rings. The van der Waals surface area contributed by atoms with Crippen molar-refractivity contribution in [2.45, 2.75) is 75.8 Å². The standard InChI is InChI=1S/C28H34N2O/c31-28(29-22-10-6-1-2-7-11-22)21-14-15-24-23(17-21)25-19-12-13-20(16-19)26(25)27(30-24)18-8-4-3-5-9-18/h3-5,8-9,14-15,17,19-20,22,25-27,30H,1-2,6-7,10-13,16H2,(H,29,31)/t19-,20-,25-,26+,27+/m0/s1. The van der Waals surface area contributed by atoms with Gasteiger partial charge < -0.3 is 10.6 Å². The molecule has 1 amide bonds. The molecule has 1 heterocycles. The molecule has 0 aromatic heterocycles. The second-order valence-corrected chi connectivity index (χ2v) is 10.4. The zero-order valence-corrected chi connectivity index (χ0v) is 18.4. The summed E-state index contributed by atoms with van der Waals surface area (Å²) in [6, 6.07) is 18.2. The zero-order valence-electron chi connectivity index (χ0n) is 18.4. The monoisotopic (exact) mass is 414 g/mol. The molecule has 162 valence electrons. The van der Waals surface area contributed by atoms with Crippen LogP contribution in [0.3, 0.4) is 0 Å². The lowest BCUT2D eigenvalue weighted by Gasteiger charge is -2.43. The highest BCUT2D eigenvalue weighted by molar-refractivity contribution is 5.95. The lowest BCUT2D eigenvalue weighted by Crippen LogP contribution is -2.36. The van der Waals surface area contributed by atoms with Crippen LogP contribution in [-0.2, 0) is 0 Å². The first-order valence-corrected chi connectivity index (χ1v) is 12.5. The first-order chi connectivity index (χ1) is 15.3. The number of carbonyl (C=O) groups excluding carboxylic acids is 1. The van der Waals surface area contributed by atoms with Crippen molar-refractivity contribution in [2.75, 3.05) is 5.32 Å². The van der Waals surface area contributed by atoms with Gasteiger partial charge >= 0.3 is 0 Å². The summed E-state index contributed by atoms with van der Waals surface area (Å²) in [4.78, 5) is 13.1. The fourth-order valence-corrected chi connectivity index (χ4v) is 7.31. The van der Waals surface area contributed by atoms with E-state index in [9.17, 15) is 4.79 Å². The van der Waals surface area contributed by atoms with E-state index in [1.807, 2.05) is 6.07 Å². The number of fused-ring (bicyclic) bond motifs is 7. The van der Waals surface area contributed by atoms with Gasteiger partial charge in [-0.3, -0.25) is 4.79 Å². The number of hydrogen-bond acceptors (Lipinski definition) is 2.